The second-order valence-electron chi connectivity index (χ2n) is 6.47. The molecule has 0 bridgehead atoms. The Morgan fingerprint density at radius 3 is 2.50 bits per heavy atom. The molecule has 6 nitrogen and oxygen atoms in total. The molecule has 0 saturated carbocycles. The van der Waals surface area contributed by atoms with Crippen LogP contribution >= 0.6 is 0 Å². The zero-order valence-corrected chi connectivity index (χ0v) is 16.5. The maximum absolute atomic E-state index is 13.6. The van der Waals surface area contributed by atoms with Gasteiger partial charge in [-0.2, -0.15) is 0 Å². The van der Waals surface area contributed by atoms with Gasteiger partial charge in [-0.1, -0.05) is 30.3 Å². The molecule has 0 radical (unpaired) electrons. The molecule has 154 valence electrons. The number of carbonyl (C=O) groups is 2. The highest BCUT2D eigenvalue weighted by Gasteiger charge is 2.16. The van der Waals surface area contributed by atoms with Crippen molar-refractivity contribution in [3.05, 3.63) is 78.1 Å². The number of rotatable bonds is 6. The fourth-order valence-corrected chi connectivity index (χ4v) is 2.70. The number of ether oxygens (including phenoxy) is 2. The van der Waals surface area contributed by atoms with Crippen molar-refractivity contribution in [2.45, 2.75) is 13.0 Å². The summed E-state index contributed by atoms with van der Waals surface area (Å²) in [5.41, 5.74) is 5.34. The highest BCUT2D eigenvalue weighted by molar-refractivity contribution is 5.94. The molecule has 7 heteroatoms. The molecule has 0 saturated heterocycles. The Morgan fingerprint density at radius 1 is 1.00 bits per heavy atom. The topological polar surface area (TPSA) is 76.7 Å². The number of amides is 2. The van der Waals surface area contributed by atoms with Crippen LogP contribution in [0.1, 0.15) is 12.5 Å². The van der Waals surface area contributed by atoms with Gasteiger partial charge in [-0.15, -0.1) is 0 Å². The molecule has 0 fully saturated rings. The summed E-state index contributed by atoms with van der Waals surface area (Å²) in [6.07, 6.45) is 1.93. The van der Waals surface area contributed by atoms with Crippen molar-refractivity contribution in [1.82, 2.24) is 10.9 Å². The fourth-order valence-electron chi connectivity index (χ4n) is 2.70. The molecule has 3 aromatic rings. The van der Waals surface area contributed by atoms with Crippen LogP contribution in [0.2, 0.25) is 0 Å². The monoisotopic (exact) mass is 408 g/mol. The predicted octanol–water partition coefficient (Wildman–Crippen LogP) is 3.62. The van der Waals surface area contributed by atoms with Crippen molar-refractivity contribution in [1.29, 1.82) is 0 Å². The van der Waals surface area contributed by atoms with Gasteiger partial charge in [-0.05, 0) is 59.7 Å². The highest BCUT2D eigenvalue weighted by Crippen LogP contribution is 2.22. The van der Waals surface area contributed by atoms with Gasteiger partial charge in [0.1, 0.15) is 5.75 Å². The van der Waals surface area contributed by atoms with Gasteiger partial charge >= 0.3 is 0 Å². The summed E-state index contributed by atoms with van der Waals surface area (Å²) in [4.78, 5) is 24.0. The number of methoxy groups -OCH3 is 1. The molecule has 0 aliphatic rings. The van der Waals surface area contributed by atoms with E-state index < -0.39 is 23.7 Å². The number of para-hydroxylation sites is 1. The van der Waals surface area contributed by atoms with Crippen molar-refractivity contribution in [3.63, 3.8) is 0 Å². The van der Waals surface area contributed by atoms with Crippen LogP contribution in [0.25, 0.3) is 16.8 Å². The highest BCUT2D eigenvalue weighted by atomic mass is 19.1. The first-order valence-electron chi connectivity index (χ1n) is 9.23. The Morgan fingerprint density at radius 2 is 1.73 bits per heavy atom. The fraction of sp³-hybridized carbons (Fsp3) is 0.130. The van der Waals surface area contributed by atoms with Gasteiger partial charge in [0.2, 0.25) is 0 Å². The maximum atomic E-state index is 13.6. The summed E-state index contributed by atoms with van der Waals surface area (Å²) in [7, 11) is 1.61. The van der Waals surface area contributed by atoms with E-state index >= 15 is 0 Å². The lowest BCUT2D eigenvalue weighted by Gasteiger charge is -2.15. The summed E-state index contributed by atoms with van der Waals surface area (Å²) in [5.74, 6) is -0.969. The number of hydrogen-bond acceptors (Lipinski definition) is 4. The van der Waals surface area contributed by atoms with Gasteiger partial charge in [0.05, 0.1) is 7.11 Å². The minimum atomic E-state index is -0.997. The second-order valence-corrected chi connectivity index (χ2v) is 6.47. The van der Waals surface area contributed by atoms with Gasteiger partial charge < -0.3 is 9.47 Å². The van der Waals surface area contributed by atoms with Gasteiger partial charge in [0.15, 0.2) is 17.7 Å². The molecule has 0 heterocycles. The quantitative estimate of drug-likeness (QED) is 0.483. The first kappa shape index (κ1) is 20.9. The molecular weight excluding hydrogens is 387 g/mol. The van der Waals surface area contributed by atoms with Crippen molar-refractivity contribution in [3.8, 4) is 11.5 Å². The largest absolute Gasteiger partial charge is 0.497 e. The summed E-state index contributed by atoms with van der Waals surface area (Å²) in [5, 5.41) is 2.03. The van der Waals surface area contributed by atoms with E-state index in [0.717, 1.165) is 22.1 Å². The zero-order chi connectivity index (χ0) is 21.5. The number of halogens is 1. The van der Waals surface area contributed by atoms with Crippen LogP contribution in [-0.4, -0.2) is 25.0 Å². The summed E-state index contributed by atoms with van der Waals surface area (Å²) in [6, 6.07) is 17.2. The summed E-state index contributed by atoms with van der Waals surface area (Å²) >= 11 is 0. The molecule has 0 spiro atoms. The minimum absolute atomic E-state index is 0.0414. The van der Waals surface area contributed by atoms with Gasteiger partial charge in [-0.3, -0.25) is 20.4 Å². The normalized spacial score (nSPS) is 11.8. The molecule has 0 aliphatic carbocycles. The van der Waals surface area contributed by atoms with E-state index in [0.29, 0.717) is 0 Å². The molecule has 0 unspecified atom stereocenters. The zero-order valence-electron chi connectivity index (χ0n) is 16.5. The van der Waals surface area contributed by atoms with Crippen LogP contribution in [-0.2, 0) is 9.59 Å². The smallest absolute Gasteiger partial charge is 0.279 e. The standard InChI is InChI=1S/C23H21FN2O4/c1-15(30-21-6-4-3-5-20(21)24)23(28)26-25-22(27)12-8-16-7-9-18-14-19(29-2)11-10-17(18)13-16/h3-15H,1-2H3,(H,25,27)(H,26,28)/b12-8+/t15-/m1/s1. The van der Waals surface area contributed by atoms with Gasteiger partial charge in [0.25, 0.3) is 11.8 Å². The number of nitrogens with one attached hydrogen (secondary N) is 2. The van der Waals surface area contributed by atoms with Crippen LogP contribution in [0.15, 0.2) is 66.7 Å². The lowest BCUT2D eigenvalue weighted by molar-refractivity contribution is -0.131. The lowest BCUT2D eigenvalue weighted by atomic mass is 10.1. The van der Waals surface area contributed by atoms with Crippen molar-refractivity contribution >= 4 is 28.7 Å². The Labute approximate surface area is 173 Å². The van der Waals surface area contributed by atoms with E-state index in [1.807, 2.05) is 36.4 Å². The number of hydrazine groups is 1. The van der Waals surface area contributed by atoms with Crippen LogP contribution in [0.5, 0.6) is 11.5 Å². The second kappa shape index (κ2) is 9.56. The van der Waals surface area contributed by atoms with Crippen molar-refractivity contribution < 1.29 is 23.5 Å². The third-order valence-corrected chi connectivity index (χ3v) is 4.32. The molecule has 3 rings (SSSR count). The first-order valence-corrected chi connectivity index (χ1v) is 9.23. The van der Waals surface area contributed by atoms with Crippen LogP contribution in [0.3, 0.4) is 0 Å². The number of hydrogen-bond donors (Lipinski definition) is 2. The summed E-state index contributed by atoms with van der Waals surface area (Å²) < 4.78 is 24.0. The van der Waals surface area contributed by atoms with Gasteiger partial charge in [-0.25, -0.2) is 4.39 Å². The Hall–Kier alpha value is -3.87. The summed E-state index contributed by atoms with van der Waals surface area (Å²) in [6.45, 7) is 1.45. The van der Waals surface area contributed by atoms with Crippen molar-refractivity contribution in [2.75, 3.05) is 7.11 Å². The number of fused-ring (bicyclic) bond motifs is 1. The average Bonchev–Trinajstić information content (AvgIpc) is 2.76. The van der Waals surface area contributed by atoms with E-state index in [1.54, 1.807) is 19.3 Å². The molecule has 1 atom stereocenters. The van der Waals surface area contributed by atoms with E-state index in [2.05, 4.69) is 10.9 Å². The first-order chi connectivity index (χ1) is 14.5. The molecule has 0 aliphatic heterocycles. The third kappa shape index (κ3) is 5.35. The van der Waals surface area contributed by atoms with E-state index in [9.17, 15) is 14.0 Å². The molecule has 0 aromatic heterocycles. The number of carbonyl (C=O) groups excluding carboxylic acids is 2. The SMILES string of the molecule is COc1ccc2cc(/C=C/C(=O)NNC(=O)[C@@H](C)Oc3ccccc3F)ccc2c1. The Balaban J connectivity index is 1.53. The maximum Gasteiger partial charge on any atom is 0.279 e. The molecule has 2 N–H and O–H groups in total. The van der Waals surface area contributed by atoms with Gasteiger partial charge in [0, 0.05) is 6.08 Å². The molecular formula is C23H21FN2O4. The van der Waals surface area contributed by atoms with Crippen LogP contribution in [0.4, 0.5) is 4.39 Å². The van der Waals surface area contributed by atoms with Crippen LogP contribution in [0, 0.1) is 5.82 Å². The Bertz CT molecular complexity index is 1100. The molecule has 3 aromatic carbocycles. The lowest BCUT2D eigenvalue weighted by Crippen LogP contribution is -2.46. The molecule has 2 amide bonds. The van der Waals surface area contributed by atoms with Crippen molar-refractivity contribution in [2.24, 2.45) is 0 Å². The van der Waals surface area contributed by atoms with E-state index in [4.69, 9.17) is 9.47 Å². The Kier molecular flexibility index (Phi) is 6.64. The van der Waals surface area contributed by atoms with Crippen LogP contribution < -0.4 is 20.3 Å². The minimum Gasteiger partial charge on any atom is -0.497 e. The number of benzene rings is 3. The van der Waals surface area contributed by atoms with E-state index in [-0.39, 0.29) is 5.75 Å². The van der Waals surface area contributed by atoms with E-state index in [1.165, 1.54) is 31.2 Å². The molecule has 30 heavy (non-hydrogen) atoms. The average molecular weight is 408 g/mol. The predicted molar refractivity (Wildman–Crippen MR) is 112 cm³/mol. The third-order valence-electron chi connectivity index (χ3n) is 4.32.